The van der Waals surface area contributed by atoms with Crippen molar-refractivity contribution in [1.29, 1.82) is 0 Å². The summed E-state index contributed by atoms with van der Waals surface area (Å²) >= 11 is 0. The van der Waals surface area contributed by atoms with Crippen LogP contribution in [-0.4, -0.2) is 23.9 Å². The van der Waals surface area contributed by atoms with E-state index in [2.05, 4.69) is 4.65 Å². The predicted octanol–water partition coefficient (Wildman–Crippen LogP) is 0.935. The molecule has 0 saturated carbocycles. The molecule has 0 fully saturated rings. The summed E-state index contributed by atoms with van der Waals surface area (Å²) in [7, 11) is -0.451. The number of hydrogen-bond donors (Lipinski definition) is 1. The van der Waals surface area contributed by atoms with Crippen LogP contribution in [0.25, 0.3) is 0 Å². The minimum atomic E-state index is -1.45. The van der Waals surface area contributed by atoms with Crippen molar-refractivity contribution in [2.24, 2.45) is 0 Å². The first kappa shape index (κ1) is 10.8. The van der Waals surface area contributed by atoms with Gasteiger partial charge in [0, 0.05) is 12.1 Å². The Kier molecular flexibility index (Phi) is 3.50. The van der Waals surface area contributed by atoms with Gasteiger partial charge in [0.1, 0.15) is 5.75 Å². The topological polar surface area (TPSA) is 98.9 Å². The first-order valence-electron chi connectivity index (χ1n) is 3.82. The molecule has 7 nitrogen and oxygen atoms in total. The highest BCUT2D eigenvalue weighted by molar-refractivity contribution is 6.22. The average Bonchev–Trinajstić information content (AvgIpc) is 2.18. The van der Waals surface area contributed by atoms with E-state index in [-0.39, 0.29) is 5.69 Å². The molecule has 0 bridgehead atoms. The Morgan fingerprint density at radius 3 is 2.47 bits per heavy atom. The summed E-state index contributed by atoms with van der Waals surface area (Å²) in [4.78, 5) is 19.7. The van der Waals surface area contributed by atoms with E-state index >= 15 is 0 Å². The smallest absolute Gasteiger partial charge is 0.528 e. The van der Waals surface area contributed by atoms with Gasteiger partial charge in [-0.25, -0.2) is 4.79 Å². The highest BCUT2D eigenvalue weighted by Crippen LogP contribution is 2.16. The molecule has 0 saturated heterocycles. The van der Waals surface area contributed by atoms with Crippen molar-refractivity contribution < 1.29 is 24.1 Å². The van der Waals surface area contributed by atoms with E-state index in [0.29, 0.717) is 5.75 Å². The van der Waals surface area contributed by atoms with Crippen LogP contribution in [0.5, 0.6) is 5.75 Å². The number of nitrogens with zero attached hydrogens (tertiary/aromatic N) is 1. The van der Waals surface area contributed by atoms with Gasteiger partial charge in [-0.05, 0) is 12.1 Å². The van der Waals surface area contributed by atoms with Crippen LogP contribution in [-0.2, 0) is 4.65 Å². The number of carbonyl (C=O) groups is 1. The Labute approximate surface area is 84.7 Å². The Balaban J connectivity index is 2.50. The second-order valence-electron chi connectivity index (χ2n) is 2.42. The summed E-state index contributed by atoms with van der Waals surface area (Å²) in [5.41, 5.74) is -0.0681. The minimum Gasteiger partial charge on any atom is -0.528 e. The van der Waals surface area contributed by atoms with E-state index in [1.807, 2.05) is 0 Å². The fourth-order valence-corrected chi connectivity index (χ4v) is 0.812. The Morgan fingerprint density at radius 1 is 1.40 bits per heavy atom. The minimum absolute atomic E-state index is 0.0681. The van der Waals surface area contributed by atoms with Gasteiger partial charge < -0.3 is 14.4 Å². The molecule has 15 heavy (non-hydrogen) atoms. The molecule has 1 aromatic rings. The lowest BCUT2D eigenvalue weighted by molar-refractivity contribution is -0.384. The number of nitro groups is 1. The lowest BCUT2D eigenvalue weighted by atomic mass is 10.3. The van der Waals surface area contributed by atoms with Gasteiger partial charge in [0.25, 0.3) is 5.69 Å². The maximum absolute atomic E-state index is 10.3. The van der Waals surface area contributed by atoms with E-state index in [4.69, 9.17) is 9.76 Å². The van der Waals surface area contributed by atoms with Crippen molar-refractivity contribution >= 4 is 19.5 Å². The second-order valence-corrected chi connectivity index (χ2v) is 2.42. The second kappa shape index (κ2) is 4.84. The third-order valence-corrected chi connectivity index (χ3v) is 1.46. The summed E-state index contributed by atoms with van der Waals surface area (Å²) in [6.45, 7) is 0. The van der Waals surface area contributed by atoms with Crippen molar-refractivity contribution in [1.82, 2.24) is 0 Å². The average molecular weight is 211 g/mol. The van der Waals surface area contributed by atoms with Crippen molar-refractivity contribution in [3.63, 3.8) is 0 Å². The monoisotopic (exact) mass is 211 g/mol. The van der Waals surface area contributed by atoms with Crippen LogP contribution in [0, 0.1) is 10.1 Å². The highest BCUT2D eigenvalue weighted by atomic mass is 16.7. The molecule has 0 spiro atoms. The zero-order chi connectivity index (χ0) is 11.3. The molecule has 78 valence electrons. The zero-order valence-electron chi connectivity index (χ0n) is 7.45. The van der Waals surface area contributed by atoms with Gasteiger partial charge in [-0.1, -0.05) is 0 Å². The van der Waals surface area contributed by atoms with E-state index in [1.165, 1.54) is 24.3 Å². The van der Waals surface area contributed by atoms with Gasteiger partial charge in [0.2, 0.25) is 0 Å². The van der Waals surface area contributed by atoms with Gasteiger partial charge in [0.05, 0.1) is 4.92 Å². The lowest BCUT2D eigenvalue weighted by Gasteiger charge is -2.02. The Bertz CT molecular complexity index is 364. The molecule has 0 amide bonds. The van der Waals surface area contributed by atoms with Gasteiger partial charge in [0.15, 0.2) is 0 Å². The fraction of sp³-hybridized carbons (Fsp3) is 0. The maximum Gasteiger partial charge on any atom is 0.580 e. The van der Waals surface area contributed by atoms with Crippen LogP contribution in [0.2, 0.25) is 0 Å². The predicted molar refractivity (Wildman–Crippen MR) is 50.0 cm³/mol. The summed E-state index contributed by atoms with van der Waals surface area (Å²) in [6.07, 6.45) is -1.45. The van der Waals surface area contributed by atoms with Gasteiger partial charge in [-0.15, -0.1) is 0 Å². The van der Waals surface area contributed by atoms with E-state index in [1.54, 1.807) is 0 Å². The molecule has 0 unspecified atom stereocenters. The number of carboxylic acid groups (broad SMARTS) is 1. The molecule has 0 aliphatic rings. The molecule has 0 heterocycles. The molecule has 0 atom stereocenters. The molecule has 1 rings (SSSR count). The quantitative estimate of drug-likeness (QED) is 0.451. The van der Waals surface area contributed by atoms with Crippen molar-refractivity contribution in [3.05, 3.63) is 34.4 Å². The summed E-state index contributed by atoms with van der Waals surface area (Å²) < 4.78 is 8.91. The number of nitro benzene ring substituents is 1. The number of rotatable bonds is 4. The lowest BCUT2D eigenvalue weighted by Crippen LogP contribution is -2.11. The standard InChI is InChI=1S/C7H6BNO6/c10-7(11)15-8-14-6-3-1-5(2-4-6)9(12)13/h1-4,8H,(H,10,11). The number of non-ortho nitro benzene ring substituents is 1. The molecule has 0 aromatic heterocycles. The summed E-state index contributed by atoms with van der Waals surface area (Å²) in [5, 5.41) is 18.4. The normalized spacial score (nSPS) is 9.07. The van der Waals surface area contributed by atoms with Gasteiger partial charge >= 0.3 is 13.8 Å². The molecule has 0 radical (unpaired) electrons. The van der Waals surface area contributed by atoms with Crippen LogP contribution >= 0.6 is 0 Å². The first-order valence-corrected chi connectivity index (χ1v) is 3.82. The maximum atomic E-state index is 10.3. The molecule has 1 N–H and O–H groups in total. The third-order valence-electron chi connectivity index (χ3n) is 1.46. The van der Waals surface area contributed by atoms with E-state index < -0.39 is 18.8 Å². The highest BCUT2D eigenvalue weighted by Gasteiger charge is 2.06. The molecular formula is C7H6BNO6. The van der Waals surface area contributed by atoms with E-state index in [9.17, 15) is 14.9 Å². The van der Waals surface area contributed by atoms with Gasteiger partial charge in [-0.3, -0.25) is 10.1 Å². The van der Waals surface area contributed by atoms with Crippen molar-refractivity contribution in [3.8, 4) is 5.75 Å². The SMILES string of the molecule is O=C(O)OBOc1ccc([N+](=O)[O-])cc1. The number of benzene rings is 1. The van der Waals surface area contributed by atoms with E-state index in [0.717, 1.165) is 0 Å². The van der Waals surface area contributed by atoms with Crippen LogP contribution in [0.3, 0.4) is 0 Å². The van der Waals surface area contributed by atoms with Crippen LogP contribution in [0.1, 0.15) is 0 Å². The van der Waals surface area contributed by atoms with Crippen LogP contribution < -0.4 is 4.65 Å². The fourth-order valence-electron chi connectivity index (χ4n) is 0.812. The molecule has 1 aromatic carbocycles. The van der Waals surface area contributed by atoms with Gasteiger partial charge in [-0.2, -0.15) is 0 Å². The van der Waals surface area contributed by atoms with Crippen molar-refractivity contribution in [2.75, 3.05) is 0 Å². The largest absolute Gasteiger partial charge is 0.580 e. The number of hydrogen-bond acceptors (Lipinski definition) is 5. The first-order chi connectivity index (χ1) is 7.09. The van der Waals surface area contributed by atoms with Crippen molar-refractivity contribution in [2.45, 2.75) is 0 Å². The van der Waals surface area contributed by atoms with Crippen LogP contribution in [0.4, 0.5) is 10.5 Å². The Morgan fingerprint density at radius 2 is 2.00 bits per heavy atom. The summed E-state index contributed by atoms with van der Waals surface area (Å²) in [6, 6.07) is 5.19. The Hall–Kier alpha value is -2.25. The summed E-state index contributed by atoms with van der Waals surface area (Å²) in [5.74, 6) is 0.293. The third kappa shape index (κ3) is 3.55. The molecule has 0 aliphatic carbocycles. The molecule has 8 heteroatoms. The molecular weight excluding hydrogens is 205 g/mol. The molecule has 0 aliphatic heterocycles. The zero-order valence-corrected chi connectivity index (χ0v) is 7.45. The van der Waals surface area contributed by atoms with Crippen LogP contribution in [0.15, 0.2) is 24.3 Å².